The average Bonchev–Trinajstić information content (AvgIpc) is 2.95. The van der Waals surface area contributed by atoms with Gasteiger partial charge in [0.2, 0.25) is 0 Å². The van der Waals surface area contributed by atoms with Gasteiger partial charge < -0.3 is 20.5 Å². The molecule has 7 heteroatoms. The monoisotopic (exact) mass is 501 g/mol. The number of benzene rings is 1. The van der Waals surface area contributed by atoms with Crippen LogP contribution in [0, 0.1) is 5.92 Å². The van der Waals surface area contributed by atoms with E-state index in [4.69, 9.17) is 4.98 Å². The molecule has 0 bridgehead atoms. The van der Waals surface area contributed by atoms with Crippen LogP contribution in [0.1, 0.15) is 69.2 Å². The maximum Gasteiger partial charge on any atom is 0.271 e. The van der Waals surface area contributed by atoms with Crippen LogP contribution < -0.4 is 21.1 Å². The summed E-state index contributed by atoms with van der Waals surface area (Å²) in [7, 11) is 0. The van der Waals surface area contributed by atoms with Crippen LogP contribution in [0.5, 0.6) is 0 Å². The Morgan fingerprint density at radius 1 is 1.05 bits per heavy atom. The fraction of sp³-hybridized carbons (Fsp3) is 0.433. The lowest BCUT2D eigenvalue weighted by Crippen LogP contribution is -2.29. The van der Waals surface area contributed by atoms with Crippen molar-refractivity contribution in [1.82, 2.24) is 9.97 Å². The third-order valence-electron chi connectivity index (χ3n) is 7.30. The van der Waals surface area contributed by atoms with Gasteiger partial charge in [-0.3, -0.25) is 9.59 Å². The fourth-order valence-electron chi connectivity index (χ4n) is 4.89. The number of aromatic nitrogens is 2. The van der Waals surface area contributed by atoms with Crippen LogP contribution in [0.4, 0.5) is 17.2 Å². The smallest absolute Gasteiger partial charge is 0.271 e. The maximum atomic E-state index is 12.9. The summed E-state index contributed by atoms with van der Waals surface area (Å²) in [5, 5.41) is 6.18. The zero-order valence-electron chi connectivity index (χ0n) is 22.1. The van der Waals surface area contributed by atoms with E-state index in [0.29, 0.717) is 5.56 Å². The van der Waals surface area contributed by atoms with Gasteiger partial charge in [-0.2, -0.15) is 0 Å². The van der Waals surface area contributed by atoms with Gasteiger partial charge in [0.15, 0.2) is 0 Å². The molecule has 1 fully saturated rings. The van der Waals surface area contributed by atoms with Gasteiger partial charge in [-0.1, -0.05) is 32.8 Å². The second-order valence-corrected chi connectivity index (χ2v) is 9.84. The minimum atomic E-state index is -0.349. The first-order valence-electron chi connectivity index (χ1n) is 13.7. The first kappa shape index (κ1) is 26.5. The molecule has 0 radical (unpaired) electrons. The van der Waals surface area contributed by atoms with E-state index in [1.54, 1.807) is 12.3 Å². The lowest BCUT2D eigenvalue weighted by atomic mass is 9.98. The zero-order valence-corrected chi connectivity index (χ0v) is 22.1. The minimum Gasteiger partial charge on any atom is -0.372 e. The van der Waals surface area contributed by atoms with Crippen molar-refractivity contribution in [1.29, 1.82) is 0 Å². The van der Waals surface area contributed by atoms with E-state index in [9.17, 15) is 9.59 Å². The van der Waals surface area contributed by atoms with Gasteiger partial charge in [-0.25, -0.2) is 4.98 Å². The van der Waals surface area contributed by atoms with Gasteiger partial charge in [0.05, 0.1) is 5.69 Å². The van der Waals surface area contributed by atoms with Crippen molar-refractivity contribution in [2.24, 2.45) is 5.92 Å². The number of pyridine rings is 2. The number of amides is 1. The number of carbonyl (C=O) groups excluding carboxylic acids is 1. The van der Waals surface area contributed by atoms with E-state index in [0.717, 1.165) is 54.7 Å². The van der Waals surface area contributed by atoms with Crippen molar-refractivity contribution in [3.05, 3.63) is 70.6 Å². The van der Waals surface area contributed by atoms with Crippen molar-refractivity contribution >= 4 is 23.1 Å². The normalized spacial score (nSPS) is 13.5. The summed E-state index contributed by atoms with van der Waals surface area (Å²) in [6.07, 6.45) is 10.1. The molecular weight excluding hydrogens is 462 g/mol. The molecule has 2 aromatic heterocycles. The highest BCUT2D eigenvalue weighted by Crippen LogP contribution is 2.22. The van der Waals surface area contributed by atoms with Crippen LogP contribution in [0.2, 0.25) is 0 Å². The summed E-state index contributed by atoms with van der Waals surface area (Å²) >= 11 is 0. The molecule has 4 rings (SSSR count). The third kappa shape index (κ3) is 7.21. The summed E-state index contributed by atoms with van der Waals surface area (Å²) in [6, 6.07) is 15.1. The molecule has 0 unspecified atom stereocenters. The van der Waals surface area contributed by atoms with Gasteiger partial charge in [0.1, 0.15) is 11.5 Å². The van der Waals surface area contributed by atoms with E-state index in [1.807, 2.05) is 42.5 Å². The Morgan fingerprint density at radius 2 is 1.81 bits per heavy atom. The molecule has 1 aliphatic rings. The number of hydrogen-bond acceptors (Lipinski definition) is 5. The standard InChI is InChI=1S/C30H39N5O2/c1-3-22(4-2)10-9-17-31-28-12-8-11-26(33-28)24-20-27(30(37)32-21-24)34-29(36)23-13-15-25(16-14-23)35-18-6-5-7-19-35/h8,11-16,20-22H,3-7,9-10,17-19H2,1-2H3,(H,31,33)(H,32,37)(H,34,36). The number of carbonyl (C=O) groups is 1. The average molecular weight is 502 g/mol. The number of anilines is 3. The van der Waals surface area contributed by atoms with Gasteiger partial charge >= 0.3 is 0 Å². The predicted octanol–water partition coefficient (Wildman–Crippen LogP) is 6.31. The Balaban J connectivity index is 1.40. The second kappa shape index (κ2) is 13.1. The quantitative estimate of drug-likeness (QED) is 0.268. The van der Waals surface area contributed by atoms with E-state index in [1.165, 1.54) is 38.5 Å². The molecule has 3 heterocycles. The summed E-state index contributed by atoms with van der Waals surface area (Å²) in [6.45, 7) is 7.48. The van der Waals surface area contributed by atoms with Crippen molar-refractivity contribution in [2.75, 3.05) is 35.2 Å². The van der Waals surface area contributed by atoms with Gasteiger partial charge in [0, 0.05) is 42.6 Å². The molecule has 0 atom stereocenters. The molecule has 1 aliphatic heterocycles. The van der Waals surface area contributed by atoms with Crippen LogP contribution in [-0.4, -0.2) is 35.5 Å². The van der Waals surface area contributed by atoms with Crippen molar-refractivity contribution in [3.8, 4) is 11.3 Å². The van der Waals surface area contributed by atoms with Crippen molar-refractivity contribution in [2.45, 2.75) is 58.8 Å². The highest BCUT2D eigenvalue weighted by Gasteiger charge is 2.14. The molecule has 3 aromatic rings. The van der Waals surface area contributed by atoms with Crippen LogP contribution in [0.3, 0.4) is 0 Å². The molecule has 0 spiro atoms. The van der Waals surface area contributed by atoms with Crippen LogP contribution in [0.25, 0.3) is 11.3 Å². The number of hydrogen-bond donors (Lipinski definition) is 3. The lowest BCUT2D eigenvalue weighted by molar-refractivity contribution is 0.102. The van der Waals surface area contributed by atoms with Crippen LogP contribution >= 0.6 is 0 Å². The molecule has 0 aliphatic carbocycles. The van der Waals surface area contributed by atoms with Gasteiger partial charge in [-0.05, 0) is 80.5 Å². The Kier molecular flexibility index (Phi) is 9.35. The highest BCUT2D eigenvalue weighted by molar-refractivity contribution is 6.04. The zero-order chi connectivity index (χ0) is 26.0. The van der Waals surface area contributed by atoms with Gasteiger partial charge in [0.25, 0.3) is 11.5 Å². The Morgan fingerprint density at radius 3 is 2.54 bits per heavy atom. The van der Waals surface area contributed by atoms with Crippen LogP contribution in [0.15, 0.2) is 59.5 Å². The van der Waals surface area contributed by atoms with E-state index >= 15 is 0 Å². The molecule has 1 aromatic carbocycles. The maximum absolute atomic E-state index is 12.9. The molecular formula is C30H39N5O2. The molecule has 196 valence electrons. The Bertz CT molecular complexity index is 1210. The third-order valence-corrected chi connectivity index (χ3v) is 7.30. The number of aromatic amines is 1. The largest absolute Gasteiger partial charge is 0.372 e. The molecule has 1 amide bonds. The molecule has 3 N–H and O–H groups in total. The molecule has 0 saturated carbocycles. The first-order valence-corrected chi connectivity index (χ1v) is 13.7. The van der Waals surface area contributed by atoms with E-state index in [2.05, 4.69) is 34.4 Å². The van der Waals surface area contributed by atoms with Crippen LogP contribution in [-0.2, 0) is 0 Å². The summed E-state index contributed by atoms with van der Waals surface area (Å²) in [5.74, 6) is 1.27. The van der Waals surface area contributed by atoms with Gasteiger partial charge in [-0.15, -0.1) is 0 Å². The summed E-state index contributed by atoms with van der Waals surface area (Å²) in [4.78, 5) is 35.2. The van der Waals surface area contributed by atoms with Crippen molar-refractivity contribution in [3.63, 3.8) is 0 Å². The summed E-state index contributed by atoms with van der Waals surface area (Å²) in [5.41, 5.74) is 2.96. The molecule has 7 nitrogen and oxygen atoms in total. The molecule has 1 saturated heterocycles. The number of H-pyrrole nitrogens is 1. The number of nitrogens with zero attached hydrogens (tertiary/aromatic N) is 2. The highest BCUT2D eigenvalue weighted by atomic mass is 16.2. The topological polar surface area (TPSA) is 90.1 Å². The predicted molar refractivity (Wildman–Crippen MR) is 153 cm³/mol. The van der Waals surface area contributed by atoms with E-state index < -0.39 is 0 Å². The second-order valence-electron chi connectivity index (χ2n) is 9.84. The number of piperidine rings is 1. The minimum absolute atomic E-state index is 0.202. The Hall–Kier alpha value is -3.61. The fourth-order valence-corrected chi connectivity index (χ4v) is 4.89. The first-order chi connectivity index (χ1) is 18.1. The van der Waals surface area contributed by atoms with Crippen molar-refractivity contribution < 1.29 is 4.79 Å². The number of nitrogens with one attached hydrogen (secondary N) is 3. The Labute approximate surface area is 219 Å². The molecule has 37 heavy (non-hydrogen) atoms. The van der Waals surface area contributed by atoms with E-state index in [-0.39, 0.29) is 17.2 Å². The summed E-state index contributed by atoms with van der Waals surface area (Å²) < 4.78 is 0. The SMILES string of the molecule is CCC(CC)CCCNc1cccc(-c2c[nH]c(=O)c(NC(=O)c3ccc(N4CCCCC4)cc3)c2)n1. The lowest BCUT2D eigenvalue weighted by Gasteiger charge is -2.28. The number of rotatable bonds is 11.